The molecule has 48 heavy (non-hydrogen) atoms. The summed E-state index contributed by atoms with van der Waals surface area (Å²) in [5.74, 6) is 1.73. The Morgan fingerprint density at radius 3 is 1.92 bits per heavy atom. The van der Waals surface area contributed by atoms with Crippen molar-refractivity contribution in [3.8, 4) is 45.0 Å². The molecule has 0 amide bonds. The maximum atomic E-state index is 6.27. The molecule has 0 aliphatic carbocycles. The zero-order valence-electron chi connectivity index (χ0n) is 25.7. The fourth-order valence-electron chi connectivity index (χ4n) is 7.00. The minimum atomic E-state index is 0.557. The first-order chi connectivity index (χ1) is 23.8. The van der Waals surface area contributed by atoms with Gasteiger partial charge in [-0.2, -0.15) is 9.97 Å². The molecule has 10 rings (SSSR count). The maximum Gasteiger partial charge on any atom is 0.238 e. The summed E-state index contributed by atoms with van der Waals surface area (Å²) in [5, 5.41) is 4.50. The Balaban J connectivity index is 1.20. The summed E-state index contributed by atoms with van der Waals surface area (Å²) in [4.78, 5) is 17.7. The molecule has 2 aromatic heterocycles. The molecular formula is C43H26N4O. The zero-order valence-corrected chi connectivity index (χ0v) is 25.7. The van der Waals surface area contributed by atoms with Crippen LogP contribution in [0, 0.1) is 0 Å². The van der Waals surface area contributed by atoms with Gasteiger partial charge in [-0.3, -0.25) is 4.90 Å². The Morgan fingerprint density at radius 2 is 1.04 bits per heavy atom. The Bertz CT molecular complexity index is 2670. The molecule has 5 nitrogen and oxygen atoms in total. The lowest BCUT2D eigenvalue weighted by Crippen LogP contribution is -2.18. The molecule has 0 saturated carbocycles. The van der Waals surface area contributed by atoms with E-state index in [1.54, 1.807) is 0 Å². The summed E-state index contributed by atoms with van der Waals surface area (Å²) >= 11 is 0. The molecule has 0 atom stereocenters. The second kappa shape index (κ2) is 10.5. The number of anilines is 3. The Hall–Kier alpha value is -6.59. The summed E-state index contributed by atoms with van der Waals surface area (Å²) < 4.78 is 6.27. The molecular weight excluding hydrogens is 589 g/mol. The van der Waals surface area contributed by atoms with E-state index in [0.717, 1.165) is 61.1 Å². The number of benzene rings is 7. The molecule has 0 fully saturated rings. The average Bonchev–Trinajstić information content (AvgIpc) is 3.53. The van der Waals surface area contributed by atoms with Gasteiger partial charge in [-0.15, -0.1) is 0 Å². The quantitative estimate of drug-likeness (QED) is 0.197. The highest BCUT2D eigenvalue weighted by molar-refractivity contribution is 6.13. The smallest absolute Gasteiger partial charge is 0.238 e. The van der Waals surface area contributed by atoms with Crippen molar-refractivity contribution in [3.63, 3.8) is 0 Å². The first kappa shape index (κ1) is 26.6. The Labute approximate surface area is 276 Å². The number of para-hydroxylation sites is 2. The van der Waals surface area contributed by atoms with Gasteiger partial charge in [0.1, 0.15) is 11.2 Å². The predicted molar refractivity (Wildman–Crippen MR) is 195 cm³/mol. The van der Waals surface area contributed by atoms with Gasteiger partial charge in [0.05, 0.1) is 11.4 Å². The second-order valence-corrected chi connectivity index (χ2v) is 12.1. The highest BCUT2D eigenvalue weighted by Gasteiger charge is 2.28. The molecule has 0 bridgehead atoms. The number of furan rings is 1. The second-order valence-electron chi connectivity index (χ2n) is 12.1. The van der Waals surface area contributed by atoms with E-state index < -0.39 is 0 Å². The lowest BCUT2D eigenvalue weighted by Gasteiger charge is -2.32. The lowest BCUT2D eigenvalue weighted by atomic mass is 9.91. The van der Waals surface area contributed by atoms with Gasteiger partial charge in [0.15, 0.2) is 11.6 Å². The first-order valence-electron chi connectivity index (χ1n) is 16.0. The number of fused-ring (bicyclic) bond motifs is 5. The SMILES string of the molecule is c1ccc(-c2ccc(-c3nc(-c4ccc5c(c4)oc4ccccc45)nc(N4c5ccccc5-c5cccc6cccc4c56)n3)cc2)cc1. The van der Waals surface area contributed by atoms with E-state index in [1.165, 1.54) is 16.3 Å². The van der Waals surface area contributed by atoms with E-state index in [1.807, 2.05) is 30.3 Å². The number of rotatable bonds is 4. The molecule has 9 aromatic rings. The monoisotopic (exact) mass is 614 g/mol. The largest absolute Gasteiger partial charge is 0.456 e. The van der Waals surface area contributed by atoms with E-state index in [4.69, 9.17) is 19.4 Å². The van der Waals surface area contributed by atoms with Crippen LogP contribution in [0.5, 0.6) is 0 Å². The number of hydrogen-bond acceptors (Lipinski definition) is 5. The third kappa shape index (κ3) is 4.15. The van der Waals surface area contributed by atoms with Gasteiger partial charge in [-0.05, 0) is 52.4 Å². The van der Waals surface area contributed by atoms with Crippen molar-refractivity contribution in [2.24, 2.45) is 0 Å². The summed E-state index contributed by atoms with van der Waals surface area (Å²) in [6, 6.07) is 54.5. The van der Waals surface area contributed by atoms with Crippen LogP contribution in [0.2, 0.25) is 0 Å². The van der Waals surface area contributed by atoms with Crippen LogP contribution >= 0.6 is 0 Å². The molecule has 1 aliphatic rings. The fraction of sp³-hybridized carbons (Fsp3) is 0. The Morgan fingerprint density at radius 1 is 0.417 bits per heavy atom. The highest BCUT2D eigenvalue weighted by Crippen LogP contribution is 2.50. The molecule has 224 valence electrons. The number of nitrogens with zero attached hydrogens (tertiary/aromatic N) is 4. The van der Waals surface area contributed by atoms with Gasteiger partial charge in [0.2, 0.25) is 5.95 Å². The normalized spacial score (nSPS) is 12.1. The van der Waals surface area contributed by atoms with Crippen LogP contribution in [-0.4, -0.2) is 15.0 Å². The van der Waals surface area contributed by atoms with Gasteiger partial charge in [-0.1, -0.05) is 127 Å². The summed E-state index contributed by atoms with van der Waals surface area (Å²) in [6.07, 6.45) is 0. The molecule has 0 unspecified atom stereocenters. The highest BCUT2D eigenvalue weighted by atomic mass is 16.3. The number of aromatic nitrogens is 3. The summed E-state index contributed by atoms with van der Waals surface area (Å²) in [6.45, 7) is 0. The van der Waals surface area contributed by atoms with Crippen molar-refractivity contribution in [2.75, 3.05) is 4.90 Å². The molecule has 1 aliphatic heterocycles. The molecule has 0 N–H and O–H groups in total. The summed E-state index contributed by atoms with van der Waals surface area (Å²) in [5.41, 5.74) is 10.1. The van der Waals surface area contributed by atoms with Crippen molar-refractivity contribution < 1.29 is 4.42 Å². The van der Waals surface area contributed by atoms with Crippen LogP contribution in [0.1, 0.15) is 0 Å². The van der Waals surface area contributed by atoms with E-state index in [-0.39, 0.29) is 0 Å². The standard InChI is InChI=1S/C43H26N4O/c1-2-10-27(11-3-1)28-20-22-30(23-21-28)41-44-42(31-24-25-34-33-15-5-7-19-38(33)48-39(34)26-31)46-43(45-41)47-36-17-6-4-14-32(36)35-16-8-12-29-13-9-18-37(47)40(29)35/h1-26H. The average molecular weight is 615 g/mol. The molecule has 0 saturated heterocycles. The molecule has 7 aromatic carbocycles. The van der Waals surface area contributed by atoms with Crippen molar-refractivity contribution >= 4 is 50.0 Å². The van der Waals surface area contributed by atoms with Crippen LogP contribution < -0.4 is 4.90 Å². The Kier molecular flexibility index (Phi) is 5.81. The van der Waals surface area contributed by atoms with Crippen molar-refractivity contribution in [1.82, 2.24) is 15.0 Å². The van der Waals surface area contributed by atoms with Crippen LogP contribution in [-0.2, 0) is 0 Å². The molecule has 0 radical (unpaired) electrons. The molecule has 5 heteroatoms. The lowest BCUT2D eigenvalue weighted by molar-refractivity contribution is 0.669. The van der Waals surface area contributed by atoms with E-state index in [2.05, 4.69) is 132 Å². The molecule has 3 heterocycles. The molecule has 0 spiro atoms. The number of hydrogen-bond donors (Lipinski definition) is 0. The summed E-state index contributed by atoms with van der Waals surface area (Å²) in [7, 11) is 0. The third-order valence-corrected chi connectivity index (χ3v) is 9.27. The van der Waals surface area contributed by atoms with Gasteiger partial charge in [-0.25, -0.2) is 4.98 Å². The van der Waals surface area contributed by atoms with Gasteiger partial charge < -0.3 is 4.42 Å². The van der Waals surface area contributed by atoms with Gasteiger partial charge in [0.25, 0.3) is 0 Å². The van der Waals surface area contributed by atoms with E-state index >= 15 is 0 Å². The first-order valence-corrected chi connectivity index (χ1v) is 16.0. The maximum absolute atomic E-state index is 6.27. The van der Waals surface area contributed by atoms with E-state index in [9.17, 15) is 0 Å². The third-order valence-electron chi connectivity index (χ3n) is 9.27. The van der Waals surface area contributed by atoms with Gasteiger partial charge in [0, 0.05) is 32.8 Å². The fourth-order valence-corrected chi connectivity index (χ4v) is 7.00. The van der Waals surface area contributed by atoms with Gasteiger partial charge >= 0.3 is 0 Å². The predicted octanol–water partition coefficient (Wildman–Crippen LogP) is 11.4. The minimum Gasteiger partial charge on any atom is -0.456 e. The van der Waals surface area contributed by atoms with Crippen molar-refractivity contribution in [2.45, 2.75) is 0 Å². The van der Waals surface area contributed by atoms with Crippen LogP contribution in [0.15, 0.2) is 162 Å². The van der Waals surface area contributed by atoms with Crippen LogP contribution in [0.25, 0.3) is 77.7 Å². The minimum absolute atomic E-state index is 0.557. The van der Waals surface area contributed by atoms with Crippen molar-refractivity contribution in [3.05, 3.63) is 158 Å². The van der Waals surface area contributed by atoms with E-state index in [0.29, 0.717) is 17.6 Å². The zero-order chi connectivity index (χ0) is 31.6. The van der Waals surface area contributed by atoms with Crippen molar-refractivity contribution in [1.29, 1.82) is 0 Å². The van der Waals surface area contributed by atoms with Crippen LogP contribution in [0.4, 0.5) is 17.3 Å². The van der Waals surface area contributed by atoms with Crippen LogP contribution in [0.3, 0.4) is 0 Å². The topological polar surface area (TPSA) is 55.1 Å².